The lowest BCUT2D eigenvalue weighted by atomic mass is 10.0. The summed E-state index contributed by atoms with van der Waals surface area (Å²) in [7, 11) is 3.56. The highest BCUT2D eigenvalue weighted by molar-refractivity contribution is 6.38. The molecule has 0 bridgehead atoms. The van der Waals surface area contributed by atoms with E-state index in [1.807, 2.05) is 38.5 Å². The van der Waals surface area contributed by atoms with Crippen LogP contribution in [0.4, 0.5) is 5.82 Å². The monoisotopic (exact) mass is 425 g/mol. The number of aromatic amines is 1. The number of rotatable bonds is 3. The molecule has 0 unspecified atom stereocenters. The van der Waals surface area contributed by atoms with Crippen molar-refractivity contribution < 1.29 is 4.74 Å². The predicted octanol–water partition coefficient (Wildman–Crippen LogP) is 3.38. The Labute approximate surface area is 179 Å². The molecule has 1 fully saturated rings. The van der Waals surface area contributed by atoms with Gasteiger partial charge in [0.25, 0.3) is 0 Å². The number of hydrogen-bond acceptors (Lipinski definition) is 6. The van der Waals surface area contributed by atoms with Crippen LogP contribution in [-0.4, -0.2) is 50.7 Å². The summed E-state index contributed by atoms with van der Waals surface area (Å²) in [5.41, 5.74) is 10.8. The maximum atomic E-state index is 6.73. The van der Waals surface area contributed by atoms with Crippen molar-refractivity contribution >= 4 is 39.5 Å². The molecule has 0 radical (unpaired) electrons. The number of methoxy groups -OCH3 is 1. The van der Waals surface area contributed by atoms with E-state index in [4.69, 9.17) is 32.0 Å². The van der Waals surface area contributed by atoms with Gasteiger partial charge in [-0.3, -0.25) is 4.68 Å². The number of halogens is 1. The molecular weight excluding hydrogens is 402 g/mol. The van der Waals surface area contributed by atoms with Crippen molar-refractivity contribution in [2.24, 2.45) is 12.8 Å². The molecule has 9 heteroatoms. The van der Waals surface area contributed by atoms with Crippen molar-refractivity contribution in [2.45, 2.75) is 25.5 Å². The molecule has 0 spiro atoms. The summed E-state index contributed by atoms with van der Waals surface area (Å²) >= 11 is 6.73. The summed E-state index contributed by atoms with van der Waals surface area (Å²) in [5, 5.41) is 6.01. The van der Waals surface area contributed by atoms with E-state index in [1.165, 1.54) is 0 Å². The van der Waals surface area contributed by atoms with E-state index in [-0.39, 0.29) is 0 Å². The van der Waals surface area contributed by atoms with Gasteiger partial charge in [0, 0.05) is 69.0 Å². The smallest absolute Gasteiger partial charge is 0.159 e. The van der Waals surface area contributed by atoms with Crippen LogP contribution in [0.1, 0.15) is 18.5 Å². The lowest BCUT2D eigenvalue weighted by molar-refractivity contribution is -0.0241. The Balaban J connectivity index is 1.54. The van der Waals surface area contributed by atoms with Gasteiger partial charge in [0.15, 0.2) is 11.5 Å². The lowest BCUT2D eigenvalue weighted by Crippen LogP contribution is -2.52. The molecule has 4 aromatic rings. The van der Waals surface area contributed by atoms with Crippen molar-refractivity contribution in [2.75, 3.05) is 25.1 Å². The molecule has 5 rings (SSSR count). The summed E-state index contributed by atoms with van der Waals surface area (Å²) in [4.78, 5) is 15.3. The molecule has 0 aliphatic carbocycles. The van der Waals surface area contributed by atoms with Gasteiger partial charge in [0.1, 0.15) is 11.2 Å². The molecule has 156 valence electrons. The van der Waals surface area contributed by atoms with Crippen molar-refractivity contribution in [1.82, 2.24) is 24.7 Å². The Morgan fingerprint density at radius 2 is 1.97 bits per heavy atom. The highest BCUT2D eigenvalue weighted by Crippen LogP contribution is 2.37. The fourth-order valence-electron chi connectivity index (χ4n) is 4.20. The Bertz CT molecular complexity index is 1250. The van der Waals surface area contributed by atoms with E-state index in [9.17, 15) is 0 Å². The number of piperidine rings is 1. The number of hydrogen-bond donors (Lipinski definition) is 2. The van der Waals surface area contributed by atoms with Crippen LogP contribution in [0.3, 0.4) is 0 Å². The molecule has 8 nitrogen and oxygen atoms in total. The highest BCUT2D eigenvalue weighted by atomic mass is 35.5. The van der Waals surface area contributed by atoms with Crippen LogP contribution in [0.15, 0.2) is 24.5 Å². The Morgan fingerprint density at radius 1 is 1.20 bits per heavy atom. The molecule has 4 heterocycles. The van der Waals surface area contributed by atoms with E-state index < -0.39 is 5.72 Å². The van der Waals surface area contributed by atoms with Gasteiger partial charge in [-0.15, -0.1) is 0 Å². The van der Waals surface area contributed by atoms with Crippen LogP contribution in [0.25, 0.3) is 33.2 Å². The molecule has 0 saturated carbocycles. The number of nitrogens with zero attached hydrogens (tertiary/aromatic N) is 5. The van der Waals surface area contributed by atoms with Crippen molar-refractivity contribution in [3.63, 3.8) is 0 Å². The first-order chi connectivity index (χ1) is 14.4. The summed E-state index contributed by atoms with van der Waals surface area (Å²) in [6.45, 7) is 3.55. The minimum atomic E-state index is -0.552. The Kier molecular flexibility index (Phi) is 4.46. The zero-order valence-corrected chi connectivity index (χ0v) is 18.0. The van der Waals surface area contributed by atoms with Gasteiger partial charge in [-0.2, -0.15) is 5.10 Å². The molecule has 3 N–H and O–H groups in total. The third kappa shape index (κ3) is 3.03. The topological polar surface area (TPSA) is 97.9 Å². The number of ether oxygens (including phenoxy) is 1. The van der Waals surface area contributed by atoms with E-state index in [0.29, 0.717) is 5.02 Å². The number of fused-ring (bicyclic) bond motifs is 2. The van der Waals surface area contributed by atoms with Crippen molar-refractivity contribution in [3.05, 3.63) is 35.2 Å². The summed E-state index contributed by atoms with van der Waals surface area (Å²) in [6.07, 6.45) is 5.35. The van der Waals surface area contributed by atoms with Crippen molar-refractivity contribution in [3.8, 4) is 11.1 Å². The normalized spacial score (nSPS) is 16.6. The van der Waals surface area contributed by atoms with Gasteiger partial charge in [-0.05, 0) is 13.0 Å². The van der Waals surface area contributed by atoms with E-state index >= 15 is 0 Å². The lowest BCUT2D eigenvalue weighted by Gasteiger charge is -2.38. The van der Waals surface area contributed by atoms with Crippen LogP contribution in [0, 0.1) is 6.92 Å². The number of anilines is 1. The molecule has 3 aromatic heterocycles. The molecule has 1 aliphatic rings. The first kappa shape index (κ1) is 19.3. The molecular formula is C21H24ClN7O. The average Bonchev–Trinajstić information content (AvgIpc) is 3.31. The van der Waals surface area contributed by atoms with Gasteiger partial charge in [0.05, 0.1) is 16.2 Å². The fraction of sp³-hybridized carbons (Fsp3) is 0.381. The van der Waals surface area contributed by atoms with Crippen LogP contribution in [0.5, 0.6) is 0 Å². The minimum absolute atomic E-state index is 0.552. The molecule has 0 amide bonds. The Hall–Kier alpha value is -2.68. The molecule has 0 atom stereocenters. The van der Waals surface area contributed by atoms with Crippen molar-refractivity contribution in [1.29, 1.82) is 0 Å². The van der Waals surface area contributed by atoms with Crippen LogP contribution in [-0.2, 0) is 11.8 Å². The van der Waals surface area contributed by atoms with Crippen LogP contribution < -0.4 is 10.6 Å². The number of H-pyrrole nitrogens is 1. The zero-order chi connectivity index (χ0) is 21.0. The Morgan fingerprint density at radius 3 is 2.70 bits per heavy atom. The van der Waals surface area contributed by atoms with Crippen LogP contribution in [0.2, 0.25) is 5.02 Å². The van der Waals surface area contributed by atoms with Gasteiger partial charge >= 0.3 is 0 Å². The first-order valence-corrected chi connectivity index (χ1v) is 10.3. The zero-order valence-electron chi connectivity index (χ0n) is 17.2. The largest absolute Gasteiger partial charge is 0.364 e. The molecule has 30 heavy (non-hydrogen) atoms. The summed E-state index contributed by atoms with van der Waals surface area (Å²) < 4.78 is 7.22. The van der Waals surface area contributed by atoms with Crippen LogP contribution >= 0.6 is 11.6 Å². The van der Waals surface area contributed by atoms with Gasteiger partial charge in [-0.1, -0.05) is 17.7 Å². The average molecular weight is 426 g/mol. The second-order valence-electron chi connectivity index (χ2n) is 7.95. The predicted molar refractivity (Wildman–Crippen MR) is 119 cm³/mol. The standard InChI is InChI=1S/C21H24ClN7O/c1-12-20(29-8-6-21(23,30-3)7-9-29)26-19-18(25-12)14(10-24-19)13-4-5-16-15(17(13)22)11-28(2)27-16/h4-5,10-11H,6-9,23H2,1-3H3,(H,24,26). The maximum Gasteiger partial charge on any atom is 0.159 e. The molecule has 1 aromatic carbocycles. The third-order valence-corrected chi connectivity index (χ3v) is 6.40. The quantitative estimate of drug-likeness (QED) is 0.488. The highest BCUT2D eigenvalue weighted by Gasteiger charge is 2.31. The number of nitrogens with two attached hydrogens (primary N) is 1. The van der Waals surface area contributed by atoms with E-state index in [1.54, 1.807) is 11.8 Å². The summed E-state index contributed by atoms with van der Waals surface area (Å²) in [6, 6.07) is 3.97. The number of aryl methyl sites for hydroxylation is 2. The summed E-state index contributed by atoms with van der Waals surface area (Å²) in [5.74, 6) is 0.878. The second kappa shape index (κ2) is 6.94. The fourth-order valence-corrected chi connectivity index (χ4v) is 4.51. The second-order valence-corrected chi connectivity index (χ2v) is 8.33. The van der Waals surface area contributed by atoms with Gasteiger partial charge in [0.2, 0.25) is 0 Å². The SMILES string of the molecule is COC1(N)CCN(c2nc3[nH]cc(-c4ccc5nn(C)cc5c4Cl)c3nc2C)CC1. The number of nitrogens with one attached hydrogen (secondary N) is 1. The first-order valence-electron chi connectivity index (χ1n) is 9.95. The molecule has 1 saturated heterocycles. The van der Waals surface area contributed by atoms with E-state index in [0.717, 1.165) is 70.6 Å². The third-order valence-electron chi connectivity index (χ3n) is 6.00. The number of aromatic nitrogens is 5. The minimum Gasteiger partial charge on any atom is -0.364 e. The molecule has 1 aliphatic heterocycles. The van der Waals surface area contributed by atoms with Gasteiger partial charge in [-0.25, -0.2) is 9.97 Å². The van der Waals surface area contributed by atoms with E-state index in [2.05, 4.69) is 15.0 Å². The number of benzene rings is 1. The maximum absolute atomic E-state index is 6.73. The van der Waals surface area contributed by atoms with Gasteiger partial charge < -0.3 is 20.4 Å².